The predicted octanol–water partition coefficient (Wildman–Crippen LogP) is 2.56. The number of anilines is 1. The molecule has 2 aromatic carbocycles. The van der Waals surface area contributed by atoms with Crippen molar-refractivity contribution >= 4 is 21.5 Å². The standard InChI is InChI=1S/C20H23FN2O5S/c1-14(24)15-4-6-18(17(21)12-15)22-8-10-23(11-9-22)29(25,26)16-5-7-19(27-2)20(13-16)28-3/h4-7,12-13H,8-11H2,1-3H3. The van der Waals surface area contributed by atoms with Gasteiger partial charge in [-0.25, -0.2) is 12.8 Å². The van der Waals surface area contributed by atoms with Gasteiger partial charge >= 0.3 is 0 Å². The third-order valence-electron chi connectivity index (χ3n) is 4.93. The van der Waals surface area contributed by atoms with Gasteiger partial charge in [0.15, 0.2) is 17.3 Å². The normalized spacial score (nSPS) is 15.2. The van der Waals surface area contributed by atoms with Crippen molar-refractivity contribution in [1.29, 1.82) is 0 Å². The number of halogens is 1. The summed E-state index contributed by atoms with van der Waals surface area (Å²) in [4.78, 5) is 13.3. The number of hydrogen-bond acceptors (Lipinski definition) is 6. The van der Waals surface area contributed by atoms with Gasteiger partial charge in [0.05, 0.1) is 24.8 Å². The van der Waals surface area contributed by atoms with Crippen molar-refractivity contribution in [3.05, 3.63) is 47.8 Å². The van der Waals surface area contributed by atoms with Gasteiger partial charge in [0, 0.05) is 37.8 Å². The van der Waals surface area contributed by atoms with Crippen LogP contribution in [0.25, 0.3) is 0 Å². The molecule has 0 atom stereocenters. The first-order chi connectivity index (χ1) is 13.8. The zero-order chi connectivity index (χ0) is 21.2. The Balaban J connectivity index is 1.75. The molecule has 0 N–H and O–H groups in total. The van der Waals surface area contributed by atoms with Crippen LogP contribution in [0.15, 0.2) is 41.3 Å². The maximum Gasteiger partial charge on any atom is 0.243 e. The second kappa shape index (κ2) is 8.38. The lowest BCUT2D eigenvalue weighted by molar-refractivity contribution is 0.101. The maximum absolute atomic E-state index is 14.4. The molecule has 156 valence electrons. The molecule has 3 rings (SSSR count). The van der Waals surface area contributed by atoms with Gasteiger partial charge in [-0.05, 0) is 37.3 Å². The second-order valence-corrected chi connectivity index (χ2v) is 8.57. The van der Waals surface area contributed by atoms with E-state index in [-0.39, 0.29) is 23.8 Å². The summed E-state index contributed by atoms with van der Waals surface area (Å²) in [7, 11) is -0.798. The van der Waals surface area contributed by atoms with Gasteiger partial charge in [-0.2, -0.15) is 4.31 Å². The molecule has 0 radical (unpaired) electrons. The van der Waals surface area contributed by atoms with Crippen LogP contribution in [0.3, 0.4) is 0 Å². The molecule has 0 aliphatic carbocycles. The highest BCUT2D eigenvalue weighted by Gasteiger charge is 2.30. The molecular weight excluding hydrogens is 399 g/mol. The topological polar surface area (TPSA) is 76.2 Å². The summed E-state index contributed by atoms with van der Waals surface area (Å²) in [5, 5.41) is 0. The van der Waals surface area contributed by atoms with E-state index in [0.717, 1.165) is 0 Å². The Bertz CT molecular complexity index is 1020. The van der Waals surface area contributed by atoms with E-state index in [9.17, 15) is 17.6 Å². The number of carbonyl (C=O) groups excluding carboxylic acids is 1. The second-order valence-electron chi connectivity index (χ2n) is 6.63. The number of sulfonamides is 1. The van der Waals surface area contributed by atoms with Gasteiger partial charge in [-0.1, -0.05) is 0 Å². The van der Waals surface area contributed by atoms with Crippen LogP contribution in [0.1, 0.15) is 17.3 Å². The third kappa shape index (κ3) is 4.20. The summed E-state index contributed by atoms with van der Waals surface area (Å²) in [5.41, 5.74) is 0.666. The average Bonchev–Trinajstić information content (AvgIpc) is 2.73. The van der Waals surface area contributed by atoms with Crippen molar-refractivity contribution in [1.82, 2.24) is 4.31 Å². The van der Waals surface area contributed by atoms with Crippen molar-refractivity contribution in [3.8, 4) is 11.5 Å². The molecule has 2 aromatic rings. The highest BCUT2D eigenvalue weighted by atomic mass is 32.2. The van der Waals surface area contributed by atoms with E-state index in [0.29, 0.717) is 35.8 Å². The van der Waals surface area contributed by atoms with E-state index in [2.05, 4.69) is 0 Å². The summed E-state index contributed by atoms with van der Waals surface area (Å²) in [5.74, 6) is 0.0794. The maximum atomic E-state index is 14.4. The van der Waals surface area contributed by atoms with E-state index < -0.39 is 15.8 Å². The van der Waals surface area contributed by atoms with Crippen LogP contribution in [0.4, 0.5) is 10.1 Å². The third-order valence-corrected chi connectivity index (χ3v) is 6.82. The molecule has 0 saturated carbocycles. The Morgan fingerprint density at radius 2 is 1.62 bits per heavy atom. The number of hydrogen-bond donors (Lipinski definition) is 0. The molecule has 7 nitrogen and oxygen atoms in total. The Kier molecular flexibility index (Phi) is 6.09. The number of piperazine rings is 1. The van der Waals surface area contributed by atoms with Crippen molar-refractivity contribution in [2.24, 2.45) is 0 Å². The zero-order valence-electron chi connectivity index (χ0n) is 16.5. The van der Waals surface area contributed by atoms with Crippen LogP contribution in [-0.2, 0) is 10.0 Å². The van der Waals surface area contributed by atoms with Crippen molar-refractivity contribution < 1.29 is 27.1 Å². The summed E-state index contributed by atoms with van der Waals surface area (Å²) in [6.45, 7) is 2.48. The van der Waals surface area contributed by atoms with Crippen LogP contribution in [0.2, 0.25) is 0 Å². The summed E-state index contributed by atoms with van der Waals surface area (Å²) in [6.07, 6.45) is 0. The molecule has 0 spiro atoms. The van der Waals surface area contributed by atoms with E-state index in [4.69, 9.17) is 9.47 Å². The molecule has 1 fully saturated rings. The van der Waals surface area contributed by atoms with Crippen molar-refractivity contribution in [2.45, 2.75) is 11.8 Å². The zero-order valence-corrected chi connectivity index (χ0v) is 17.3. The van der Waals surface area contributed by atoms with Gasteiger partial charge in [-0.15, -0.1) is 0 Å². The summed E-state index contributed by atoms with van der Waals surface area (Å²) >= 11 is 0. The molecule has 1 aliphatic heterocycles. The molecule has 1 saturated heterocycles. The number of ketones is 1. The van der Waals surface area contributed by atoms with Crippen LogP contribution in [-0.4, -0.2) is 58.9 Å². The van der Waals surface area contributed by atoms with Crippen molar-refractivity contribution in [3.63, 3.8) is 0 Å². The smallest absolute Gasteiger partial charge is 0.243 e. The quantitative estimate of drug-likeness (QED) is 0.666. The number of ether oxygens (including phenoxy) is 2. The highest BCUT2D eigenvalue weighted by molar-refractivity contribution is 7.89. The number of nitrogens with zero attached hydrogens (tertiary/aromatic N) is 2. The molecule has 1 heterocycles. The lowest BCUT2D eigenvalue weighted by Gasteiger charge is -2.35. The van der Waals surface area contributed by atoms with E-state index in [1.54, 1.807) is 23.1 Å². The first-order valence-electron chi connectivity index (χ1n) is 9.05. The predicted molar refractivity (Wildman–Crippen MR) is 107 cm³/mol. The Morgan fingerprint density at radius 1 is 0.966 bits per heavy atom. The summed E-state index contributed by atoms with van der Waals surface area (Å²) < 4.78 is 52.1. The van der Waals surface area contributed by atoms with Crippen molar-refractivity contribution in [2.75, 3.05) is 45.3 Å². The van der Waals surface area contributed by atoms with E-state index in [1.807, 2.05) is 0 Å². The fourth-order valence-electron chi connectivity index (χ4n) is 3.28. The molecule has 0 bridgehead atoms. The van der Waals surface area contributed by atoms with Gasteiger partial charge in [0.1, 0.15) is 5.82 Å². The average molecular weight is 422 g/mol. The number of rotatable bonds is 6. The fraction of sp³-hybridized carbons (Fsp3) is 0.350. The minimum Gasteiger partial charge on any atom is -0.493 e. The Morgan fingerprint density at radius 3 is 2.17 bits per heavy atom. The number of Topliss-reactive ketones (excluding diaryl/α,β-unsaturated/α-hetero) is 1. The van der Waals surface area contributed by atoms with E-state index >= 15 is 0 Å². The minimum absolute atomic E-state index is 0.112. The number of methoxy groups -OCH3 is 2. The minimum atomic E-state index is -3.72. The van der Waals surface area contributed by atoms with Gasteiger partial charge < -0.3 is 14.4 Å². The first-order valence-corrected chi connectivity index (χ1v) is 10.5. The molecule has 0 amide bonds. The van der Waals surface area contributed by atoms with Crippen LogP contribution >= 0.6 is 0 Å². The van der Waals surface area contributed by atoms with Crippen LogP contribution in [0, 0.1) is 5.82 Å². The first kappa shape index (κ1) is 21.1. The molecule has 0 aromatic heterocycles. The van der Waals surface area contributed by atoms with Gasteiger partial charge in [0.25, 0.3) is 0 Å². The Hall–Kier alpha value is -2.65. The fourth-order valence-corrected chi connectivity index (χ4v) is 4.72. The lowest BCUT2D eigenvalue weighted by Crippen LogP contribution is -2.48. The molecular formula is C20H23FN2O5S. The summed E-state index contributed by atoms with van der Waals surface area (Å²) in [6, 6.07) is 8.81. The monoisotopic (exact) mass is 422 g/mol. The molecule has 0 unspecified atom stereocenters. The number of carbonyl (C=O) groups is 1. The van der Waals surface area contributed by atoms with Gasteiger partial charge in [0.2, 0.25) is 10.0 Å². The van der Waals surface area contributed by atoms with E-state index in [1.165, 1.54) is 43.6 Å². The lowest BCUT2D eigenvalue weighted by atomic mass is 10.1. The molecule has 1 aliphatic rings. The number of benzene rings is 2. The highest BCUT2D eigenvalue weighted by Crippen LogP contribution is 2.31. The van der Waals surface area contributed by atoms with Crippen LogP contribution in [0.5, 0.6) is 11.5 Å². The molecule has 29 heavy (non-hydrogen) atoms. The molecule has 9 heteroatoms. The van der Waals surface area contributed by atoms with Crippen LogP contribution < -0.4 is 14.4 Å². The SMILES string of the molecule is COc1ccc(S(=O)(=O)N2CCN(c3ccc(C(C)=O)cc3F)CC2)cc1OC. The van der Waals surface area contributed by atoms with Gasteiger partial charge in [-0.3, -0.25) is 4.79 Å². The largest absolute Gasteiger partial charge is 0.493 e. The Labute approximate surface area is 169 Å².